The zero-order valence-electron chi connectivity index (χ0n) is 14.1. The topological polar surface area (TPSA) is 42.4 Å². The molecule has 2 heterocycles. The van der Waals surface area contributed by atoms with Gasteiger partial charge >= 0.3 is 0 Å². The average molecular weight is 352 g/mol. The van der Waals surface area contributed by atoms with E-state index in [1.54, 1.807) is 11.3 Å². The van der Waals surface area contributed by atoms with E-state index in [9.17, 15) is 4.79 Å². The van der Waals surface area contributed by atoms with E-state index in [4.69, 9.17) is 9.72 Å². The number of thiazole rings is 1. The first-order valence-corrected chi connectivity index (χ1v) is 9.37. The zero-order chi connectivity index (χ0) is 17.2. The third kappa shape index (κ3) is 3.37. The van der Waals surface area contributed by atoms with Crippen molar-refractivity contribution >= 4 is 27.5 Å². The maximum atomic E-state index is 12.7. The van der Waals surface area contributed by atoms with Gasteiger partial charge in [-0.25, -0.2) is 4.98 Å². The molecule has 0 aliphatic carbocycles. The molecule has 0 bridgehead atoms. The van der Waals surface area contributed by atoms with Crippen molar-refractivity contribution in [3.63, 3.8) is 0 Å². The van der Waals surface area contributed by atoms with Crippen molar-refractivity contribution in [1.29, 1.82) is 0 Å². The van der Waals surface area contributed by atoms with Gasteiger partial charge in [-0.2, -0.15) is 0 Å². The quantitative estimate of drug-likeness (QED) is 0.701. The predicted molar refractivity (Wildman–Crippen MR) is 100.0 cm³/mol. The van der Waals surface area contributed by atoms with E-state index in [-0.39, 0.29) is 18.6 Å². The molecule has 0 N–H and O–H groups in total. The third-order valence-corrected chi connectivity index (χ3v) is 5.69. The number of hydrogen-bond donors (Lipinski definition) is 0. The second kappa shape index (κ2) is 6.84. The van der Waals surface area contributed by atoms with E-state index in [0.29, 0.717) is 0 Å². The van der Waals surface area contributed by atoms with Crippen LogP contribution in [0.4, 0.5) is 0 Å². The van der Waals surface area contributed by atoms with E-state index in [2.05, 4.69) is 6.07 Å². The van der Waals surface area contributed by atoms with Crippen molar-refractivity contribution in [2.24, 2.45) is 0 Å². The van der Waals surface area contributed by atoms with Crippen LogP contribution in [0, 0.1) is 6.92 Å². The van der Waals surface area contributed by atoms with Gasteiger partial charge in [0.2, 0.25) is 0 Å². The Morgan fingerprint density at radius 3 is 2.84 bits per heavy atom. The molecule has 0 spiro atoms. The standard InChI is InChI=1S/C20H20N2O2S/c1-14-8-10-15(11-9-14)24-13-19(23)22-12-4-6-17(22)20-21-16-5-2-3-7-18(16)25-20/h2-3,5,7-11,17H,4,6,12-13H2,1H3. The van der Waals surface area contributed by atoms with Crippen LogP contribution < -0.4 is 4.74 Å². The Labute approximate surface area is 151 Å². The van der Waals surface area contributed by atoms with Crippen LogP contribution >= 0.6 is 11.3 Å². The number of hydrogen-bond acceptors (Lipinski definition) is 4. The van der Waals surface area contributed by atoms with Gasteiger partial charge in [0.15, 0.2) is 6.61 Å². The fourth-order valence-corrected chi connectivity index (χ4v) is 4.33. The Hall–Kier alpha value is -2.40. The van der Waals surface area contributed by atoms with E-state index in [1.165, 1.54) is 10.3 Å². The lowest BCUT2D eigenvalue weighted by atomic mass is 10.2. The van der Waals surface area contributed by atoms with E-state index >= 15 is 0 Å². The SMILES string of the molecule is Cc1ccc(OCC(=O)N2CCCC2c2nc3ccccc3s2)cc1. The Balaban J connectivity index is 1.46. The van der Waals surface area contributed by atoms with Crippen LogP contribution in [0.2, 0.25) is 0 Å². The van der Waals surface area contributed by atoms with Crippen LogP contribution in [0.3, 0.4) is 0 Å². The van der Waals surface area contributed by atoms with E-state index < -0.39 is 0 Å². The number of rotatable bonds is 4. The van der Waals surface area contributed by atoms with Crippen molar-refractivity contribution < 1.29 is 9.53 Å². The molecule has 1 aromatic heterocycles. The van der Waals surface area contributed by atoms with Gasteiger partial charge in [-0.3, -0.25) is 4.79 Å². The summed E-state index contributed by atoms with van der Waals surface area (Å²) in [5.41, 5.74) is 2.19. The second-order valence-electron chi connectivity index (χ2n) is 6.37. The molecule has 1 unspecified atom stereocenters. The minimum atomic E-state index is 0.0299. The minimum absolute atomic E-state index is 0.0299. The number of carbonyl (C=O) groups is 1. The number of nitrogens with zero attached hydrogens (tertiary/aromatic N) is 2. The van der Waals surface area contributed by atoms with Crippen LogP contribution in [0.25, 0.3) is 10.2 Å². The number of amides is 1. The molecule has 1 aliphatic heterocycles. The highest BCUT2D eigenvalue weighted by molar-refractivity contribution is 7.18. The van der Waals surface area contributed by atoms with E-state index in [1.807, 2.05) is 54.3 Å². The van der Waals surface area contributed by atoms with Crippen molar-refractivity contribution in [2.75, 3.05) is 13.2 Å². The molecule has 0 saturated carbocycles. The summed E-state index contributed by atoms with van der Waals surface area (Å²) in [6.07, 6.45) is 1.98. The first-order chi connectivity index (χ1) is 12.2. The highest BCUT2D eigenvalue weighted by Gasteiger charge is 2.32. The van der Waals surface area contributed by atoms with Gasteiger partial charge < -0.3 is 9.64 Å². The molecule has 4 rings (SSSR count). The molecule has 25 heavy (non-hydrogen) atoms. The van der Waals surface area contributed by atoms with Crippen molar-refractivity contribution in [3.8, 4) is 5.75 Å². The summed E-state index contributed by atoms with van der Waals surface area (Å²) in [5, 5.41) is 1.03. The smallest absolute Gasteiger partial charge is 0.261 e. The molecule has 0 radical (unpaired) electrons. The fourth-order valence-electron chi connectivity index (χ4n) is 3.22. The van der Waals surface area contributed by atoms with Crippen molar-refractivity contribution in [3.05, 3.63) is 59.1 Å². The number of fused-ring (bicyclic) bond motifs is 1. The lowest BCUT2D eigenvalue weighted by Gasteiger charge is -2.23. The van der Waals surface area contributed by atoms with Crippen LogP contribution in [0.15, 0.2) is 48.5 Å². The number of para-hydroxylation sites is 1. The zero-order valence-corrected chi connectivity index (χ0v) is 15.0. The second-order valence-corrected chi connectivity index (χ2v) is 7.43. The number of likely N-dealkylation sites (tertiary alicyclic amines) is 1. The molecule has 128 valence electrons. The highest BCUT2D eigenvalue weighted by Crippen LogP contribution is 2.36. The highest BCUT2D eigenvalue weighted by atomic mass is 32.1. The normalized spacial score (nSPS) is 17.2. The number of carbonyl (C=O) groups excluding carboxylic acids is 1. The first kappa shape index (κ1) is 16.1. The molecular weight excluding hydrogens is 332 g/mol. The van der Waals surface area contributed by atoms with Crippen LogP contribution in [0.5, 0.6) is 5.75 Å². The predicted octanol–water partition coefficient (Wildman–Crippen LogP) is 4.35. The molecule has 1 amide bonds. The minimum Gasteiger partial charge on any atom is -0.484 e. The maximum Gasteiger partial charge on any atom is 0.261 e. The Kier molecular flexibility index (Phi) is 4.40. The summed E-state index contributed by atoms with van der Waals surface area (Å²) in [4.78, 5) is 19.3. The fraction of sp³-hybridized carbons (Fsp3) is 0.300. The van der Waals surface area contributed by atoms with Gasteiger partial charge in [0.25, 0.3) is 5.91 Å². The summed E-state index contributed by atoms with van der Waals surface area (Å²) >= 11 is 1.69. The van der Waals surface area contributed by atoms with Gasteiger partial charge in [0, 0.05) is 6.54 Å². The number of aromatic nitrogens is 1. The van der Waals surface area contributed by atoms with E-state index in [0.717, 1.165) is 35.7 Å². The summed E-state index contributed by atoms with van der Waals surface area (Å²) in [6.45, 7) is 2.88. The van der Waals surface area contributed by atoms with Crippen LogP contribution in [0.1, 0.15) is 29.5 Å². The summed E-state index contributed by atoms with van der Waals surface area (Å²) < 4.78 is 6.84. The Bertz CT molecular complexity index is 855. The van der Waals surface area contributed by atoms with Gasteiger partial charge in [0.1, 0.15) is 10.8 Å². The number of aryl methyl sites for hydroxylation is 1. The lowest BCUT2D eigenvalue weighted by molar-refractivity contribution is -0.134. The van der Waals surface area contributed by atoms with Gasteiger partial charge in [-0.05, 0) is 44.0 Å². The maximum absolute atomic E-state index is 12.7. The molecule has 3 aromatic rings. The Morgan fingerprint density at radius 1 is 1.24 bits per heavy atom. The molecule has 1 aliphatic rings. The average Bonchev–Trinajstić information content (AvgIpc) is 3.27. The largest absolute Gasteiger partial charge is 0.484 e. The lowest BCUT2D eigenvalue weighted by Crippen LogP contribution is -2.34. The summed E-state index contributed by atoms with van der Waals surface area (Å²) in [6, 6.07) is 16.0. The molecule has 4 nitrogen and oxygen atoms in total. The molecular formula is C20H20N2O2S. The van der Waals surface area contributed by atoms with Crippen LogP contribution in [-0.2, 0) is 4.79 Å². The summed E-state index contributed by atoms with van der Waals surface area (Å²) in [7, 11) is 0. The Morgan fingerprint density at radius 2 is 2.04 bits per heavy atom. The third-order valence-electron chi connectivity index (χ3n) is 4.55. The van der Waals surface area contributed by atoms with Crippen molar-refractivity contribution in [1.82, 2.24) is 9.88 Å². The monoisotopic (exact) mass is 352 g/mol. The number of ether oxygens (including phenoxy) is 1. The first-order valence-electron chi connectivity index (χ1n) is 8.55. The molecule has 1 atom stereocenters. The van der Waals surface area contributed by atoms with Gasteiger partial charge in [-0.15, -0.1) is 11.3 Å². The molecule has 1 fully saturated rings. The van der Waals surface area contributed by atoms with Crippen LogP contribution in [-0.4, -0.2) is 28.9 Å². The number of benzene rings is 2. The molecule has 2 aromatic carbocycles. The summed E-state index contributed by atoms with van der Waals surface area (Å²) in [5.74, 6) is 0.761. The molecule has 5 heteroatoms. The van der Waals surface area contributed by atoms with Gasteiger partial charge in [0.05, 0.1) is 16.3 Å². The molecule has 1 saturated heterocycles. The van der Waals surface area contributed by atoms with Gasteiger partial charge in [-0.1, -0.05) is 29.8 Å². The van der Waals surface area contributed by atoms with Crippen molar-refractivity contribution in [2.45, 2.75) is 25.8 Å².